The number of carbonyl (C=O) groups excluding carboxylic acids is 1. The van der Waals surface area contributed by atoms with Gasteiger partial charge < -0.3 is 19.9 Å². The van der Waals surface area contributed by atoms with E-state index in [0.29, 0.717) is 17.9 Å². The molecule has 1 aliphatic heterocycles. The number of methoxy groups -OCH3 is 1. The molecule has 0 aliphatic carbocycles. The Morgan fingerprint density at radius 3 is 2.83 bits per heavy atom. The van der Waals surface area contributed by atoms with Crippen LogP contribution in [-0.4, -0.2) is 55.7 Å². The van der Waals surface area contributed by atoms with Crippen LogP contribution >= 0.6 is 0 Å². The van der Waals surface area contributed by atoms with Crippen LogP contribution in [0.3, 0.4) is 0 Å². The van der Waals surface area contributed by atoms with Gasteiger partial charge in [0.15, 0.2) is 0 Å². The maximum atomic E-state index is 14.1. The van der Waals surface area contributed by atoms with Crippen LogP contribution in [0.1, 0.15) is 31.9 Å². The van der Waals surface area contributed by atoms with Crippen LogP contribution < -0.4 is 10.1 Å². The molecule has 0 saturated carbocycles. The maximum Gasteiger partial charge on any atom is 0.317 e. The van der Waals surface area contributed by atoms with Crippen LogP contribution in [0.15, 0.2) is 18.2 Å². The number of benzene rings is 1. The van der Waals surface area contributed by atoms with E-state index in [9.17, 15) is 9.18 Å². The van der Waals surface area contributed by atoms with Crippen LogP contribution in [0.4, 0.5) is 9.18 Å². The average Bonchev–Trinajstić information content (AvgIpc) is 2.79. The number of amides is 2. The third-order valence-corrected chi connectivity index (χ3v) is 4.33. The zero-order valence-electron chi connectivity index (χ0n) is 14.1. The van der Waals surface area contributed by atoms with Crippen molar-refractivity contribution in [3.63, 3.8) is 0 Å². The summed E-state index contributed by atoms with van der Waals surface area (Å²) in [6.07, 6.45) is 0.957. The Morgan fingerprint density at radius 2 is 2.13 bits per heavy atom. The van der Waals surface area contributed by atoms with Crippen LogP contribution in [-0.2, 0) is 0 Å². The van der Waals surface area contributed by atoms with Gasteiger partial charge in [0.1, 0.15) is 11.6 Å². The molecular weight excluding hydrogens is 297 g/mol. The summed E-state index contributed by atoms with van der Waals surface area (Å²) in [5.41, 5.74) is 0.383. The molecule has 0 bridgehead atoms. The van der Waals surface area contributed by atoms with Crippen molar-refractivity contribution in [2.45, 2.75) is 26.3 Å². The number of nitrogens with zero attached hydrogens (tertiary/aromatic N) is 2. The van der Waals surface area contributed by atoms with E-state index in [1.54, 1.807) is 24.0 Å². The number of urea groups is 1. The molecule has 6 heteroatoms. The normalized spacial score (nSPS) is 17.5. The van der Waals surface area contributed by atoms with Crippen molar-refractivity contribution < 1.29 is 13.9 Å². The Morgan fingerprint density at radius 1 is 1.35 bits per heavy atom. The molecule has 5 nitrogen and oxygen atoms in total. The van der Waals surface area contributed by atoms with Crippen molar-refractivity contribution in [3.8, 4) is 5.75 Å². The lowest BCUT2D eigenvalue weighted by molar-refractivity contribution is 0.195. The summed E-state index contributed by atoms with van der Waals surface area (Å²) in [4.78, 5) is 16.6. The van der Waals surface area contributed by atoms with E-state index < -0.39 is 6.04 Å². The molecule has 1 aromatic carbocycles. The minimum Gasteiger partial charge on any atom is -0.496 e. The smallest absolute Gasteiger partial charge is 0.317 e. The molecule has 1 fully saturated rings. The first-order valence-corrected chi connectivity index (χ1v) is 8.17. The lowest BCUT2D eigenvalue weighted by Crippen LogP contribution is -2.43. The number of halogens is 1. The molecule has 1 saturated heterocycles. The molecule has 2 rings (SSSR count). The Kier molecular flexibility index (Phi) is 6.21. The Labute approximate surface area is 137 Å². The van der Waals surface area contributed by atoms with E-state index in [-0.39, 0.29) is 11.8 Å². The molecule has 1 N–H and O–H groups in total. The van der Waals surface area contributed by atoms with Gasteiger partial charge in [-0.1, -0.05) is 13.0 Å². The predicted molar refractivity (Wildman–Crippen MR) is 88.2 cm³/mol. The number of likely N-dealkylation sites (N-methyl/N-ethyl adjacent to an activating group) is 1. The largest absolute Gasteiger partial charge is 0.496 e. The minimum absolute atomic E-state index is 0.152. The molecule has 128 valence electrons. The second-order valence-electron chi connectivity index (χ2n) is 5.80. The summed E-state index contributed by atoms with van der Waals surface area (Å²) in [7, 11) is 1.50. The summed E-state index contributed by atoms with van der Waals surface area (Å²) in [5.74, 6) is 0.0796. The van der Waals surface area contributed by atoms with Gasteiger partial charge in [0.2, 0.25) is 0 Å². The van der Waals surface area contributed by atoms with Gasteiger partial charge in [-0.2, -0.15) is 0 Å². The van der Waals surface area contributed by atoms with Crippen molar-refractivity contribution in [2.24, 2.45) is 0 Å². The molecule has 23 heavy (non-hydrogen) atoms. The number of ether oxygens (including phenoxy) is 1. The highest BCUT2D eigenvalue weighted by Crippen LogP contribution is 2.27. The van der Waals surface area contributed by atoms with Gasteiger partial charge in [0.05, 0.1) is 18.7 Å². The topological polar surface area (TPSA) is 44.8 Å². The van der Waals surface area contributed by atoms with Gasteiger partial charge in [-0.25, -0.2) is 9.18 Å². The molecule has 1 atom stereocenters. The second kappa shape index (κ2) is 8.15. The monoisotopic (exact) mass is 323 g/mol. The number of hydrogen-bond donors (Lipinski definition) is 1. The van der Waals surface area contributed by atoms with Crippen LogP contribution in [0.2, 0.25) is 0 Å². The third-order valence-electron chi connectivity index (χ3n) is 4.33. The standard InChI is InChI=1S/C17H26FN3O2/c1-4-20-9-6-10-21(12-11-20)17(22)19-13(2)16-14(18)7-5-8-15(16)23-3/h5,7-8,13H,4,6,9-12H2,1-3H3,(H,19,22)/t13-/m0/s1. The van der Waals surface area contributed by atoms with Crippen molar-refractivity contribution in [1.29, 1.82) is 0 Å². The quantitative estimate of drug-likeness (QED) is 0.926. The molecule has 1 aromatic rings. The third kappa shape index (κ3) is 4.34. The number of carbonyl (C=O) groups is 1. The van der Waals surface area contributed by atoms with Crippen molar-refractivity contribution >= 4 is 6.03 Å². The van der Waals surface area contributed by atoms with Crippen molar-refractivity contribution in [2.75, 3.05) is 39.8 Å². The van der Waals surface area contributed by atoms with Gasteiger partial charge >= 0.3 is 6.03 Å². The predicted octanol–water partition coefficient (Wildman–Crippen LogP) is 2.63. The lowest BCUT2D eigenvalue weighted by atomic mass is 10.1. The van der Waals surface area contributed by atoms with E-state index in [2.05, 4.69) is 17.1 Å². The summed E-state index contributed by atoms with van der Waals surface area (Å²) >= 11 is 0. The number of nitrogens with one attached hydrogen (secondary N) is 1. The molecule has 1 heterocycles. The highest BCUT2D eigenvalue weighted by Gasteiger charge is 2.23. The fraction of sp³-hybridized carbons (Fsp3) is 0.588. The average molecular weight is 323 g/mol. The lowest BCUT2D eigenvalue weighted by Gasteiger charge is -2.25. The van der Waals surface area contributed by atoms with Gasteiger partial charge in [-0.3, -0.25) is 0 Å². The molecule has 2 amide bonds. The van der Waals surface area contributed by atoms with Gasteiger partial charge in [0, 0.05) is 19.6 Å². The minimum atomic E-state index is -0.454. The fourth-order valence-electron chi connectivity index (χ4n) is 2.95. The highest BCUT2D eigenvalue weighted by molar-refractivity contribution is 5.75. The van der Waals surface area contributed by atoms with Gasteiger partial charge in [0.25, 0.3) is 0 Å². The molecule has 0 spiro atoms. The zero-order valence-corrected chi connectivity index (χ0v) is 14.1. The summed E-state index contributed by atoms with van der Waals surface area (Å²) in [5, 5.41) is 2.89. The van der Waals surface area contributed by atoms with E-state index in [1.807, 2.05) is 0 Å². The molecule has 0 unspecified atom stereocenters. The van der Waals surface area contributed by atoms with Crippen molar-refractivity contribution in [1.82, 2.24) is 15.1 Å². The maximum absolute atomic E-state index is 14.1. The van der Waals surface area contributed by atoms with E-state index >= 15 is 0 Å². The van der Waals surface area contributed by atoms with Crippen molar-refractivity contribution in [3.05, 3.63) is 29.6 Å². The Bertz CT molecular complexity index is 539. The summed E-state index contributed by atoms with van der Waals surface area (Å²) in [6.45, 7) is 8.21. The fourth-order valence-corrected chi connectivity index (χ4v) is 2.95. The first kappa shape index (κ1) is 17.5. The summed E-state index contributed by atoms with van der Waals surface area (Å²) in [6, 6.07) is 4.07. The van der Waals surface area contributed by atoms with Crippen LogP contribution in [0.25, 0.3) is 0 Å². The van der Waals surface area contributed by atoms with E-state index in [0.717, 1.165) is 32.6 Å². The van der Waals surface area contributed by atoms with Crippen LogP contribution in [0, 0.1) is 5.82 Å². The zero-order chi connectivity index (χ0) is 16.8. The molecule has 0 aromatic heterocycles. The van der Waals surface area contributed by atoms with Gasteiger partial charge in [-0.05, 0) is 38.6 Å². The SMILES string of the molecule is CCN1CCCN(C(=O)N[C@@H](C)c2c(F)cccc2OC)CC1. The van der Waals surface area contributed by atoms with E-state index in [1.165, 1.54) is 13.2 Å². The highest BCUT2D eigenvalue weighted by atomic mass is 19.1. The first-order valence-electron chi connectivity index (χ1n) is 8.17. The van der Waals surface area contributed by atoms with E-state index in [4.69, 9.17) is 4.74 Å². The first-order chi connectivity index (χ1) is 11.1. The number of hydrogen-bond acceptors (Lipinski definition) is 3. The molecular formula is C17H26FN3O2. The number of rotatable bonds is 4. The second-order valence-corrected chi connectivity index (χ2v) is 5.80. The molecule has 0 radical (unpaired) electrons. The van der Waals surface area contributed by atoms with Gasteiger partial charge in [-0.15, -0.1) is 0 Å². The Hall–Kier alpha value is -1.82. The Balaban J connectivity index is 2.02. The molecule has 1 aliphatic rings. The van der Waals surface area contributed by atoms with Crippen LogP contribution in [0.5, 0.6) is 5.75 Å². The summed E-state index contributed by atoms with van der Waals surface area (Å²) < 4.78 is 19.3.